The smallest absolute Gasteiger partial charge is 0.0890 e. The van der Waals surface area contributed by atoms with Crippen LogP contribution in [0.4, 0.5) is 0 Å². The van der Waals surface area contributed by atoms with E-state index in [1.165, 1.54) is 0 Å². The first-order valence-electron chi connectivity index (χ1n) is 3.19. The average molecular weight is 203 g/mol. The molecule has 0 aliphatic carbocycles. The zero-order valence-electron chi connectivity index (χ0n) is 6.10. The van der Waals surface area contributed by atoms with Gasteiger partial charge in [0.2, 0.25) is 0 Å². The molecule has 66 valence electrons. The van der Waals surface area contributed by atoms with E-state index in [0.29, 0.717) is 0 Å². The van der Waals surface area contributed by atoms with E-state index >= 15 is 0 Å². The van der Waals surface area contributed by atoms with Crippen LogP contribution < -0.4 is 0 Å². The minimum Gasteiger partial charge on any atom is -0.750 e. The van der Waals surface area contributed by atoms with Crippen LogP contribution in [-0.2, 0) is 22.2 Å². The van der Waals surface area contributed by atoms with Crippen LogP contribution in [0.25, 0.3) is 0 Å². The van der Waals surface area contributed by atoms with Crippen LogP contribution in [0, 0.1) is 0 Å². The molecule has 0 aliphatic heterocycles. The van der Waals surface area contributed by atoms with Gasteiger partial charge in [-0.05, 0) is 11.6 Å². The van der Waals surface area contributed by atoms with Gasteiger partial charge in [0.05, 0.1) is 18.0 Å². The normalized spacial score (nSPS) is 12.8. The van der Waals surface area contributed by atoms with E-state index in [9.17, 15) is 8.76 Å². The second kappa shape index (κ2) is 4.61. The Bertz CT molecular complexity index is 288. The van der Waals surface area contributed by atoms with Crippen LogP contribution in [0.5, 0.6) is 0 Å². The van der Waals surface area contributed by atoms with Gasteiger partial charge in [-0.3, -0.25) is 4.18 Å². The molecule has 5 heteroatoms. The number of benzene rings is 1. The molecule has 1 atom stereocenters. The molecule has 0 saturated heterocycles. The maximum atomic E-state index is 10.0. The van der Waals surface area contributed by atoms with Crippen LogP contribution >= 0.6 is 12.6 Å². The lowest BCUT2D eigenvalue weighted by Crippen LogP contribution is -1.96. The highest BCUT2D eigenvalue weighted by molar-refractivity contribution is 7.80. The van der Waals surface area contributed by atoms with Gasteiger partial charge in [-0.1, -0.05) is 18.2 Å². The van der Waals surface area contributed by atoms with Crippen molar-refractivity contribution in [3.8, 4) is 0 Å². The number of rotatable bonds is 3. The Balaban J connectivity index is 2.63. The zero-order chi connectivity index (χ0) is 8.97. The molecule has 1 aromatic rings. The molecule has 0 amide bonds. The quantitative estimate of drug-likeness (QED) is 0.595. The minimum atomic E-state index is -2.46. The lowest BCUT2D eigenvalue weighted by molar-refractivity contribution is 0.289. The highest BCUT2D eigenvalue weighted by Gasteiger charge is 1.96. The third-order valence-corrected chi connectivity index (χ3v) is 2.05. The second-order valence-electron chi connectivity index (χ2n) is 2.10. The first-order valence-corrected chi connectivity index (χ1v) is 4.64. The molecule has 0 spiro atoms. The van der Waals surface area contributed by atoms with Gasteiger partial charge in [0.1, 0.15) is 0 Å². The van der Waals surface area contributed by atoms with E-state index in [1.807, 2.05) is 6.07 Å². The van der Waals surface area contributed by atoms with Crippen molar-refractivity contribution in [3.63, 3.8) is 0 Å². The molecule has 0 heterocycles. The monoisotopic (exact) mass is 203 g/mol. The predicted octanol–water partition coefficient (Wildman–Crippen LogP) is 1.29. The summed E-state index contributed by atoms with van der Waals surface area (Å²) in [5.41, 5.74) is 0.755. The molecule has 1 unspecified atom stereocenters. The molecular formula is C7H7O3S2-. The Hall–Kier alpha value is -0.360. The Morgan fingerprint density at radius 2 is 2.17 bits per heavy atom. The topological polar surface area (TPSA) is 49.4 Å². The third kappa shape index (κ3) is 2.94. The fourth-order valence-electron chi connectivity index (χ4n) is 0.744. The van der Waals surface area contributed by atoms with Crippen molar-refractivity contribution in [3.05, 3.63) is 29.8 Å². The SMILES string of the molecule is O=S([O-])OCc1ccccc1S. The average Bonchev–Trinajstić information content (AvgIpc) is 2.03. The van der Waals surface area contributed by atoms with Gasteiger partial charge in [0.15, 0.2) is 0 Å². The summed E-state index contributed by atoms with van der Waals surface area (Å²) in [5.74, 6) is 0. The molecule has 1 rings (SSSR count). The van der Waals surface area contributed by atoms with Crippen molar-refractivity contribution < 1.29 is 12.9 Å². The molecule has 0 aromatic heterocycles. The van der Waals surface area contributed by atoms with E-state index in [2.05, 4.69) is 16.8 Å². The van der Waals surface area contributed by atoms with Gasteiger partial charge in [0, 0.05) is 4.90 Å². The summed E-state index contributed by atoms with van der Waals surface area (Å²) in [6, 6.07) is 7.15. The third-order valence-electron chi connectivity index (χ3n) is 1.30. The first kappa shape index (κ1) is 9.73. The predicted molar refractivity (Wildman–Crippen MR) is 47.4 cm³/mol. The van der Waals surface area contributed by atoms with Gasteiger partial charge in [-0.25, -0.2) is 4.21 Å². The van der Waals surface area contributed by atoms with Crippen LogP contribution in [0.2, 0.25) is 0 Å². The largest absolute Gasteiger partial charge is 0.750 e. The molecule has 0 N–H and O–H groups in total. The van der Waals surface area contributed by atoms with Crippen molar-refractivity contribution >= 4 is 24.0 Å². The van der Waals surface area contributed by atoms with E-state index < -0.39 is 11.4 Å². The summed E-state index contributed by atoms with van der Waals surface area (Å²) in [7, 11) is 0. The molecule has 12 heavy (non-hydrogen) atoms. The Morgan fingerprint density at radius 1 is 1.50 bits per heavy atom. The minimum absolute atomic E-state index is 0.0375. The van der Waals surface area contributed by atoms with Crippen molar-refractivity contribution in [1.29, 1.82) is 0 Å². The van der Waals surface area contributed by atoms with E-state index in [-0.39, 0.29) is 6.61 Å². The van der Waals surface area contributed by atoms with Gasteiger partial charge >= 0.3 is 0 Å². The molecule has 0 aliphatic rings. The summed E-state index contributed by atoms with van der Waals surface area (Å²) in [5, 5.41) is 0. The Labute approximate surface area is 78.7 Å². The van der Waals surface area contributed by atoms with Gasteiger partial charge in [-0.15, -0.1) is 12.6 Å². The second-order valence-corrected chi connectivity index (χ2v) is 3.22. The molecular weight excluding hydrogens is 196 g/mol. The fraction of sp³-hybridized carbons (Fsp3) is 0.143. The van der Waals surface area contributed by atoms with Crippen molar-refractivity contribution in [2.75, 3.05) is 0 Å². The number of thiol groups is 1. The molecule has 0 radical (unpaired) electrons. The summed E-state index contributed by atoms with van der Waals surface area (Å²) in [6.45, 7) is 0.0375. The highest BCUT2D eigenvalue weighted by atomic mass is 32.2. The fourth-order valence-corrected chi connectivity index (χ4v) is 1.19. The van der Waals surface area contributed by atoms with Crippen LogP contribution in [-0.4, -0.2) is 8.76 Å². The van der Waals surface area contributed by atoms with Crippen LogP contribution in [0.3, 0.4) is 0 Å². The standard InChI is InChI=1S/C7H8O3S2/c8-12(9)10-5-6-3-1-2-4-7(6)11/h1-4,11H,5H2,(H,8,9)/p-1. The van der Waals surface area contributed by atoms with Crippen molar-refractivity contribution in [1.82, 2.24) is 0 Å². The summed E-state index contributed by atoms with van der Waals surface area (Å²) < 4.78 is 24.4. The summed E-state index contributed by atoms with van der Waals surface area (Å²) in [6.07, 6.45) is 0. The summed E-state index contributed by atoms with van der Waals surface area (Å²) >= 11 is 1.66. The maximum absolute atomic E-state index is 10.0. The molecule has 1 aromatic carbocycles. The number of hydrogen-bond acceptors (Lipinski definition) is 4. The lowest BCUT2D eigenvalue weighted by Gasteiger charge is -2.06. The summed E-state index contributed by atoms with van der Waals surface area (Å²) in [4.78, 5) is 0.725. The first-order chi connectivity index (χ1) is 5.70. The Morgan fingerprint density at radius 3 is 2.75 bits per heavy atom. The lowest BCUT2D eigenvalue weighted by atomic mass is 10.2. The van der Waals surface area contributed by atoms with Gasteiger partial charge < -0.3 is 4.55 Å². The maximum Gasteiger partial charge on any atom is 0.0890 e. The van der Waals surface area contributed by atoms with Crippen molar-refractivity contribution in [2.45, 2.75) is 11.5 Å². The van der Waals surface area contributed by atoms with Crippen LogP contribution in [0.1, 0.15) is 5.56 Å². The molecule has 0 fully saturated rings. The Kier molecular flexibility index (Phi) is 3.74. The van der Waals surface area contributed by atoms with Crippen LogP contribution in [0.15, 0.2) is 29.2 Å². The van der Waals surface area contributed by atoms with Gasteiger partial charge in [0.25, 0.3) is 0 Å². The molecule has 0 saturated carbocycles. The van der Waals surface area contributed by atoms with E-state index in [4.69, 9.17) is 0 Å². The molecule has 3 nitrogen and oxygen atoms in total. The highest BCUT2D eigenvalue weighted by Crippen LogP contribution is 2.13. The zero-order valence-corrected chi connectivity index (χ0v) is 7.81. The van der Waals surface area contributed by atoms with E-state index in [1.54, 1.807) is 18.2 Å². The molecule has 0 bridgehead atoms. The van der Waals surface area contributed by atoms with Crippen molar-refractivity contribution in [2.24, 2.45) is 0 Å². The number of hydrogen-bond donors (Lipinski definition) is 1. The van der Waals surface area contributed by atoms with E-state index in [0.717, 1.165) is 10.5 Å². The van der Waals surface area contributed by atoms with Gasteiger partial charge in [-0.2, -0.15) is 0 Å².